The lowest BCUT2D eigenvalue weighted by Crippen LogP contribution is -2.43. The predicted octanol–water partition coefficient (Wildman–Crippen LogP) is 3.37. The number of likely N-dealkylation sites (tertiary alicyclic amines) is 1. The maximum absolute atomic E-state index is 6.08. The second-order valence-corrected chi connectivity index (χ2v) is 7.46. The Hall–Kier alpha value is -0.800. The van der Waals surface area contributed by atoms with E-state index in [4.69, 9.17) is 4.42 Å². The van der Waals surface area contributed by atoms with Crippen LogP contribution in [0.3, 0.4) is 0 Å². The smallest absolute Gasteiger partial charge is 0.118 e. The van der Waals surface area contributed by atoms with Gasteiger partial charge in [0, 0.05) is 18.5 Å². The molecule has 0 radical (unpaired) electrons. The molecule has 0 spiro atoms. The number of hydrogen-bond donors (Lipinski definition) is 1. The van der Waals surface area contributed by atoms with Crippen molar-refractivity contribution in [2.24, 2.45) is 11.8 Å². The van der Waals surface area contributed by atoms with Gasteiger partial charge in [0.15, 0.2) is 0 Å². The third kappa shape index (κ3) is 3.04. The number of rotatable bonds is 4. The van der Waals surface area contributed by atoms with E-state index in [9.17, 15) is 0 Å². The summed E-state index contributed by atoms with van der Waals surface area (Å²) in [6.07, 6.45) is 6.80. The van der Waals surface area contributed by atoms with Crippen LogP contribution in [0.15, 0.2) is 16.5 Å². The van der Waals surface area contributed by atoms with Gasteiger partial charge in [-0.1, -0.05) is 6.92 Å². The molecule has 3 nitrogen and oxygen atoms in total. The predicted molar refractivity (Wildman–Crippen MR) is 84.3 cm³/mol. The van der Waals surface area contributed by atoms with Crippen LogP contribution in [-0.4, -0.2) is 30.6 Å². The molecule has 3 heteroatoms. The minimum absolute atomic E-state index is 0.704. The summed E-state index contributed by atoms with van der Waals surface area (Å²) in [6.45, 7) is 7.02. The number of furan rings is 1. The average molecular weight is 288 g/mol. The van der Waals surface area contributed by atoms with Crippen molar-refractivity contribution in [2.45, 2.75) is 57.5 Å². The second-order valence-electron chi connectivity index (χ2n) is 7.46. The lowest BCUT2D eigenvalue weighted by Gasteiger charge is -2.35. The molecule has 1 aliphatic carbocycles. The minimum Gasteiger partial charge on any atom is -0.464 e. The number of piperidine rings is 1. The van der Waals surface area contributed by atoms with Crippen LogP contribution in [0, 0.1) is 11.8 Å². The Morgan fingerprint density at radius 1 is 1.29 bits per heavy atom. The molecule has 1 aromatic heterocycles. The first-order chi connectivity index (χ1) is 10.3. The van der Waals surface area contributed by atoms with Crippen LogP contribution >= 0.6 is 0 Å². The molecule has 4 unspecified atom stereocenters. The molecule has 116 valence electrons. The Bertz CT molecular complexity index is 477. The highest BCUT2D eigenvalue weighted by atomic mass is 16.3. The maximum atomic E-state index is 6.08. The van der Waals surface area contributed by atoms with Crippen LogP contribution in [0.5, 0.6) is 0 Å². The Morgan fingerprint density at radius 2 is 2.19 bits per heavy atom. The zero-order chi connectivity index (χ0) is 14.2. The van der Waals surface area contributed by atoms with E-state index in [1.54, 1.807) is 0 Å². The van der Waals surface area contributed by atoms with Crippen LogP contribution < -0.4 is 5.32 Å². The van der Waals surface area contributed by atoms with Crippen LogP contribution in [0.2, 0.25) is 0 Å². The van der Waals surface area contributed by atoms with E-state index in [-0.39, 0.29) is 0 Å². The van der Waals surface area contributed by atoms with Crippen molar-refractivity contribution in [1.82, 2.24) is 10.2 Å². The molecular formula is C18H28N2O. The van der Waals surface area contributed by atoms with Crippen molar-refractivity contribution >= 4 is 0 Å². The summed E-state index contributed by atoms with van der Waals surface area (Å²) in [5.41, 5.74) is 0. The van der Waals surface area contributed by atoms with Crippen molar-refractivity contribution in [1.29, 1.82) is 0 Å². The van der Waals surface area contributed by atoms with E-state index in [0.717, 1.165) is 24.4 Å². The van der Waals surface area contributed by atoms with Gasteiger partial charge in [0.1, 0.15) is 11.5 Å². The van der Waals surface area contributed by atoms with Crippen molar-refractivity contribution < 1.29 is 4.42 Å². The number of hydrogen-bond acceptors (Lipinski definition) is 3. The van der Waals surface area contributed by atoms with Gasteiger partial charge in [-0.05, 0) is 69.2 Å². The van der Waals surface area contributed by atoms with Gasteiger partial charge in [-0.3, -0.25) is 4.90 Å². The SMILES string of the molecule is CC1CC1c1ccc(CN2CCCC(C3CCCN3)C2)o1. The van der Waals surface area contributed by atoms with Gasteiger partial charge in [0.05, 0.1) is 6.54 Å². The molecule has 0 amide bonds. The maximum Gasteiger partial charge on any atom is 0.118 e. The quantitative estimate of drug-likeness (QED) is 0.921. The van der Waals surface area contributed by atoms with Crippen LogP contribution in [0.4, 0.5) is 0 Å². The monoisotopic (exact) mass is 288 g/mol. The molecular weight excluding hydrogens is 260 g/mol. The molecule has 0 bridgehead atoms. The first-order valence-corrected chi connectivity index (χ1v) is 8.84. The highest BCUT2D eigenvalue weighted by Gasteiger charge is 2.36. The fourth-order valence-corrected chi connectivity index (χ4v) is 4.29. The van der Waals surface area contributed by atoms with Crippen molar-refractivity contribution in [3.8, 4) is 0 Å². The summed E-state index contributed by atoms with van der Waals surface area (Å²) in [7, 11) is 0. The highest BCUT2D eigenvalue weighted by molar-refractivity contribution is 5.17. The van der Waals surface area contributed by atoms with Gasteiger partial charge >= 0.3 is 0 Å². The van der Waals surface area contributed by atoms with Gasteiger partial charge < -0.3 is 9.73 Å². The van der Waals surface area contributed by atoms with Gasteiger partial charge in [0.25, 0.3) is 0 Å². The summed E-state index contributed by atoms with van der Waals surface area (Å²) >= 11 is 0. The van der Waals surface area contributed by atoms with E-state index in [1.807, 2.05) is 0 Å². The lowest BCUT2D eigenvalue weighted by atomic mass is 9.90. The van der Waals surface area contributed by atoms with Gasteiger partial charge in [0.2, 0.25) is 0 Å². The summed E-state index contributed by atoms with van der Waals surface area (Å²) in [5, 5.41) is 3.69. The fourth-order valence-electron chi connectivity index (χ4n) is 4.29. The van der Waals surface area contributed by atoms with E-state index >= 15 is 0 Å². The van der Waals surface area contributed by atoms with E-state index in [0.29, 0.717) is 5.92 Å². The van der Waals surface area contributed by atoms with Crippen molar-refractivity contribution in [2.75, 3.05) is 19.6 Å². The Balaban J connectivity index is 1.34. The molecule has 2 aliphatic heterocycles. The molecule has 0 aromatic carbocycles. The second kappa shape index (κ2) is 5.77. The van der Waals surface area contributed by atoms with Gasteiger partial charge in [-0.15, -0.1) is 0 Å². The molecule has 21 heavy (non-hydrogen) atoms. The Labute approximate surface area is 128 Å². The van der Waals surface area contributed by atoms with E-state index < -0.39 is 0 Å². The van der Waals surface area contributed by atoms with Crippen LogP contribution in [0.1, 0.15) is 56.5 Å². The van der Waals surface area contributed by atoms with Crippen LogP contribution in [0.25, 0.3) is 0 Å². The standard InChI is InChI=1S/C18H28N2O/c1-13-10-16(13)18-7-6-15(21-18)12-20-9-3-4-14(11-20)17-5-2-8-19-17/h6-7,13-14,16-17,19H,2-5,8-12H2,1H3. The summed E-state index contributed by atoms with van der Waals surface area (Å²) in [6, 6.07) is 5.19. The normalized spacial score (nSPS) is 37.0. The molecule has 4 rings (SSSR count). The molecule has 2 saturated heterocycles. The van der Waals surface area contributed by atoms with Gasteiger partial charge in [-0.2, -0.15) is 0 Å². The Morgan fingerprint density at radius 3 is 2.95 bits per heavy atom. The first kappa shape index (κ1) is 13.8. The molecule has 1 aromatic rings. The molecule has 1 saturated carbocycles. The number of nitrogens with one attached hydrogen (secondary N) is 1. The molecule has 3 heterocycles. The third-order valence-corrected chi connectivity index (χ3v) is 5.75. The summed E-state index contributed by atoms with van der Waals surface area (Å²) < 4.78 is 6.08. The average Bonchev–Trinajstić information content (AvgIpc) is 2.94. The summed E-state index contributed by atoms with van der Waals surface area (Å²) in [4.78, 5) is 2.60. The topological polar surface area (TPSA) is 28.4 Å². The van der Waals surface area contributed by atoms with Crippen LogP contribution in [-0.2, 0) is 6.54 Å². The lowest BCUT2D eigenvalue weighted by molar-refractivity contribution is 0.136. The fraction of sp³-hybridized carbons (Fsp3) is 0.778. The summed E-state index contributed by atoms with van der Waals surface area (Å²) in [5.74, 6) is 4.78. The minimum atomic E-state index is 0.704. The largest absolute Gasteiger partial charge is 0.464 e. The van der Waals surface area contributed by atoms with E-state index in [2.05, 4.69) is 29.3 Å². The van der Waals surface area contributed by atoms with Gasteiger partial charge in [-0.25, -0.2) is 0 Å². The molecule has 3 aliphatic rings. The molecule has 4 atom stereocenters. The highest BCUT2D eigenvalue weighted by Crippen LogP contribution is 2.47. The Kier molecular flexibility index (Phi) is 3.80. The zero-order valence-electron chi connectivity index (χ0n) is 13.2. The van der Waals surface area contributed by atoms with Crippen molar-refractivity contribution in [3.63, 3.8) is 0 Å². The van der Waals surface area contributed by atoms with Crippen molar-refractivity contribution in [3.05, 3.63) is 23.7 Å². The zero-order valence-corrected chi connectivity index (χ0v) is 13.2. The third-order valence-electron chi connectivity index (χ3n) is 5.75. The van der Waals surface area contributed by atoms with E-state index in [1.165, 1.54) is 63.3 Å². The molecule has 3 fully saturated rings. The first-order valence-electron chi connectivity index (χ1n) is 8.84. The number of nitrogens with zero attached hydrogens (tertiary/aromatic N) is 1. The molecule has 1 N–H and O–H groups in total.